The number of hydrogen-bond acceptors (Lipinski definition) is 3. The normalized spacial score (nSPS) is 22.2. The molecular formula is C14H21NOS. The standard InChI is InChI=1S/C14H21NOS/c1-14(16,10-17-2)9-15-13-8-7-11-5-3-4-6-12(11)13/h3-6,13,15-16H,7-10H2,1-2H3. The van der Waals surface area contributed by atoms with Crippen LogP contribution in [0.5, 0.6) is 0 Å². The quantitative estimate of drug-likeness (QED) is 0.843. The van der Waals surface area contributed by atoms with Crippen LogP contribution >= 0.6 is 11.8 Å². The highest BCUT2D eigenvalue weighted by Crippen LogP contribution is 2.30. The van der Waals surface area contributed by atoms with Crippen molar-refractivity contribution in [1.29, 1.82) is 0 Å². The lowest BCUT2D eigenvalue weighted by Gasteiger charge is -2.25. The summed E-state index contributed by atoms with van der Waals surface area (Å²) in [7, 11) is 0. The number of nitrogens with one attached hydrogen (secondary N) is 1. The van der Waals surface area contributed by atoms with Gasteiger partial charge in [0.25, 0.3) is 0 Å². The van der Waals surface area contributed by atoms with Gasteiger partial charge in [0, 0.05) is 18.3 Å². The molecule has 2 atom stereocenters. The van der Waals surface area contributed by atoms with Gasteiger partial charge in [-0.25, -0.2) is 0 Å². The van der Waals surface area contributed by atoms with E-state index in [-0.39, 0.29) is 0 Å². The van der Waals surface area contributed by atoms with Gasteiger partial charge in [0.05, 0.1) is 5.60 Å². The molecule has 0 heterocycles. The number of aliphatic hydroxyl groups is 1. The van der Waals surface area contributed by atoms with Crippen molar-refractivity contribution in [3.05, 3.63) is 35.4 Å². The molecule has 2 unspecified atom stereocenters. The fourth-order valence-electron chi connectivity index (χ4n) is 2.47. The lowest BCUT2D eigenvalue weighted by Crippen LogP contribution is -2.41. The van der Waals surface area contributed by atoms with E-state index in [1.807, 2.05) is 13.2 Å². The second kappa shape index (κ2) is 5.42. The largest absolute Gasteiger partial charge is 0.388 e. The molecule has 17 heavy (non-hydrogen) atoms. The van der Waals surface area contributed by atoms with Crippen molar-refractivity contribution in [2.24, 2.45) is 0 Å². The van der Waals surface area contributed by atoms with Crippen molar-refractivity contribution in [3.63, 3.8) is 0 Å². The van der Waals surface area contributed by atoms with Gasteiger partial charge < -0.3 is 10.4 Å². The zero-order chi connectivity index (χ0) is 12.3. The van der Waals surface area contributed by atoms with Crippen molar-refractivity contribution in [2.45, 2.75) is 31.4 Å². The lowest BCUT2D eigenvalue weighted by molar-refractivity contribution is 0.0814. The number of benzene rings is 1. The van der Waals surface area contributed by atoms with Crippen LogP contribution in [0.2, 0.25) is 0 Å². The van der Waals surface area contributed by atoms with Crippen LogP contribution in [0.25, 0.3) is 0 Å². The van der Waals surface area contributed by atoms with Crippen LogP contribution in [-0.2, 0) is 6.42 Å². The molecular weight excluding hydrogens is 230 g/mol. The minimum absolute atomic E-state index is 0.416. The van der Waals surface area contributed by atoms with Crippen LogP contribution in [0.15, 0.2) is 24.3 Å². The molecule has 1 aromatic carbocycles. The second-order valence-corrected chi connectivity index (χ2v) is 5.97. The fourth-order valence-corrected chi connectivity index (χ4v) is 3.20. The third-order valence-corrected chi connectivity index (χ3v) is 4.23. The van der Waals surface area contributed by atoms with Gasteiger partial charge in [-0.1, -0.05) is 24.3 Å². The molecule has 2 nitrogen and oxygen atoms in total. The molecule has 0 amide bonds. The summed E-state index contributed by atoms with van der Waals surface area (Å²) in [4.78, 5) is 0. The highest BCUT2D eigenvalue weighted by Gasteiger charge is 2.25. The molecule has 1 aliphatic rings. The van der Waals surface area contributed by atoms with E-state index >= 15 is 0 Å². The Morgan fingerprint density at radius 2 is 2.24 bits per heavy atom. The summed E-state index contributed by atoms with van der Waals surface area (Å²) in [6.45, 7) is 2.56. The van der Waals surface area contributed by atoms with Crippen molar-refractivity contribution < 1.29 is 5.11 Å². The van der Waals surface area contributed by atoms with E-state index < -0.39 is 5.60 Å². The smallest absolute Gasteiger partial charge is 0.0833 e. The molecule has 3 heteroatoms. The first-order chi connectivity index (χ1) is 8.12. The molecule has 0 aliphatic heterocycles. The zero-order valence-corrected chi connectivity index (χ0v) is 11.4. The Balaban J connectivity index is 1.94. The van der Waals surface area contributed by atoms with Crippen LogP contribution in [0.4, 0.5) is 0 Å². The number of aryl methyl sites for hydroxylation is 1. The number of hydrogen-bond donors (Lipinski definition) is 2. The molecule has 0 saturated heterocycles. The molecule has 0 spiro atoms. The molecule has 1 aromatic rings. The topological polar surface area (TPSA) is 32.3 Å². The first-order valence-corrected chi connectivity index (χ1v) is 7.54. The van der Waals surface area contributed by atoms with E-state index in [9.17, 15) is 5.11 Å². The Morgan fingerprint density at radius 3 is 3.00 bits per heavy atom. The Bertz CT molecular complexity index is 378. The maximum absolute atomic E-state index is 10.1. The molecule has 2 N–H and O–H groups in total. The average Bonchev–Trinajstić information content (AvgIpc) is 2.70. The van der Waals surface area contributed by atoms with E-state index in [1.165, 1.54) is 11.1 Å². The molecule has 0 bridgehead atoms. The van der Waals surface area contributed by atoms with Gasteiger partial charge in [-0.15, -0.1) is 0 Å². The summed E-state index contributed by atoms with van der Waals surface area (Å²) < 4.78 is 0. The maximum atomic E-state index is 10.1. The third kappa shape index (κ3) is 3.24. The van der Waals surface area contributed by atoms with Crippen LogP contribution in [0.1, 0.15) is 30.5 Å². The lowest BCUT2D eigenvalue weighted by atomic mass is 10.1. The summed E-state index contributed by atoms with van der Waals surface area (Å²) in [6.07, 6.45) is 4.33. The molecule has 1 aliphatic carbocycles. The summed E-state index contributed by atoms with van der Waals surface area (Å²) >= 11 is 1.69. The van der Waals surface area contributed by atoms with Gasteiger partial charge in [0.1, 0.15) is 0 Å². The number of thioether (sulfide) groups is 1. The van der Waals surface area contributed by atoms with E-state index in [4.69, 9.17) is 0 Å². The Morgan fingerprint density at radius 1 is 1.47 bits per heavy atom. The van der Waals surface area contributed by atoms with Gasteiger partial charge in [-0.05, 0) is 37.1 Å². The Labute approximate surface area is 108 Å². The molecule has 0 aromatic heterocycles. The second-order valence-electron chi connectivity index (χ2n) is 5.10. The average molecular weight is 251 g/mol. The van der Waals surface area contributed by atoms with E-state index in [2.05, 4.69) is 29.6 Å². The van der Waals surface area contributed by atoms with E-state index in [0.717, 1.165) is 18.6 Å². The van der Waals surface area contributed by atoms with Gasteiger partial charge >= 0.3 is 0 Å². The summed E-state index contributed by atoms with van der Waals surface area (Å²) in [5.74, 6) is 0.772. The molecule has 0 saturated carbocycles. The predicted molar refractivity (Wildman–Crippen MR) is 74.5 cm³/mol. The highest BCUT2D eigenvalue weighted by atomic mass is 32.2. The van der Waals surface area contributed by atoms with Crippen LogP contribution in [-0.4, -0.2) is 29.3 Å². The van der Waals surface area contributed by atoms with Crippen molar-refractivity contribution in [2.75, 3.05) is 18.6 Å². The zero-order valence-electron chi connectivity index (χ0n) is 10.6. The molecule has 0 fully saturated rings. The van der Waals surface area contributed by atoms with Crippen molar-refractivity contribution >= 4 is 11.8 Å². The van der Waals surface area contributed by atoms with Crippen LogP contribution in [0.3, 0.4) is 0 Å². The van der Waals surface area contributed by atoms with Gasteiger partial charge in [-0.3, -0.25) is 0 Å². The Kier molecular flexibility index (Phi) is 4.13. The summed E-state index contributed by atoms with van der Waals surface area (Å²) in [5.41, 5.74) is 2.25. The van der Waals surface area contributed by atoms with E-state index in [0.29, 0.717) is 12.6 Å². The van der Waals surface area contributed by atoms with Crippen LogP contribution in [0, 0.1) is 0 Å². The fraction of sp³-hybridized carbons (Fsp3) is 0.571. The number of rotatable bonds is 5. The van der Waals surface area contributed by atoms with Gasteiger partial charge in [0.15, 0.2) is 0 Å². The molecule has 0 radical (unpaired) electrons. The first kappa shape index (κ1) is 12.9. The first-order valence-electron chi connectivity index (χ1n) is 6.15. The highest BCUT2D eigenvalue weighted by molar-refractivity contribution is 7.98. The minimum Gasteiger partial charge on any atom is -0.388 e. The molecule has 94 valence electrons. The van der Waals surface area contributed by atoms with Crippen molar-refractivity contribution in [3.8, 4) is 0 Å². The summed E-state index contributed by atoms with van der Waals surface area (Å²) in [5, 5.41) is 13.6. The SMILES string of the molecule is CSCC(C)(O)CNC1CCc2ccccc21. The Hall–Kier alpha value is -0.510. The maximum Gasteiger partial charge on any atom is 0.0833 e. The van der Waals surface area contributed by atoms with Gasteiger partial charge in [-0.2, -0.15) is 11.8 Å². The van der Waals surface area contributed by atoms with Gasteiger partial charge in [0.2, 0.25) is 0 Å². The monoisotopic (exact) mass is 251 g/mol. The van der Waals surface area contributed by atoms with Crippen molar-refractivity contribution in [1.82, 2.24) is 5.32 Å². The number of fused-ring (bicyclic) bond motifs is 1. The predicted octanol–water partition coefficient (Wildman–Crippen LogP) is 2.38. The third-order valence-electron chi connectivity index (χ3n) is 3.32. The summed E-state index contributed by atoms with van der Waals surface area (Å²) in [6, 6.07) is 9.02. The molecule has 2 rings (SSSR count). The van der Waals surface area contributed by atoms with E-state index in [1.54, 1.807) is 11.8 Å². The van der Waals surface area contributed by atoms with Crippen LogP contribution < -0.4 is 5.32 Å². The minimum atomic E-state index is -0.614.